The summed E-state index contributed by atoms with van der Waals surface area (Å²) in [7, 11) is 1.53. The van der Waals surface area contributed by atoms with E-state index in [-0.39, 0.29) is 12.4 Å². The van der Waals surface area contributed by atoms with Crippen molar-refractivity contribution in [2.75, 3.05) is 12.4 Å². The van der Waals surface area contributed by atoms with Gasteiger partial charge in [-0.1, -0.05) is 30.3 Å². The van der Waals surface area contributed by atoms with Gasteiger partial charge in [0.25, 0.3) is 0 Å². The lowest BCUT2D eigenvalue weighted by atomic mass is 9.95. The van der Waals surface area contributed by atoms with Crippen molar-refractivity contribution in [2.45, 2.75) is 20.4 Å². The van der Waals surface area contributed by atoms with Crippen LogP contribution in [-0.4, -0.2) is 27.0 Å². The summed E-state index contributed by atoms with van der Waals surface area (Å²) in [6.07, 6.45) is 1.71. The Kier molecular flexibility index (Phi) is 6.26. The number of nitrogens with two attached hydrogens (primary N) is 1. The zero-order valence-electron chi connectivity index (χ0n) is 20.2. The number of methoxy groups -OCH3 is 1. The SMILES string of the molecule is COc1nc(-c2cccc(-c3cccc(Nc4nc(C)nc5cccnc45)c3C)c2F)ccc1CN. The first-order valence-electron chi connectivity index (χ1n) is 11.5. The maximum absolute atomic E-state index is 15.9. The van der Waals surface area contributed by atoms with Crippen LogP contribution in [0.2, 0.25) is 0 Å². The number of anilines is 2. The molecule has 0 spiro atoms. The van der Waals surface area contributed by atoms with Crippen molar-refractivity contribution < 1.29 is 9.13 Å². The van der Waals surface area contributed by atoms with Crippen molar-refractivity contribution in [3.05, 3.63) is 89.6 Å². The number of pyridine rings is 2. The van der Waals surface area contributed by atoms with Crippen LogP contribution in [0.5, 0.6) is 5.88 Å². The van der Waals surface area contributed by atoms with Gasteiger partial charge in [-0.15, -0.1) is 0 Å². The Morgan fingerprint density at radius 2 is 1.67 bits per heavy atom. The minimum Gasteiger partial charge on any atom is -0.481 e. The lowest BCUT2D eigenvalue weighted by Crippen LogP contribution is -2.03. The van der Waals surface area contributed by atoms with Gasteiger partial charge >= 0.3 is 0 Å². The third kappa shape index (κ3) is 4.23. The van der Waals surface area contributed by atoms with Crippen LogP contribution in [0.4, 0.5) is 15.9 Å². The van der Waals surface area contributed by atoms with E-state index in [1.165, 1.54) is 7.11 Å². The van der Waals surface area contributed by atoms with Crippen molar-refractivity contribution in [1.82, 2.24) is 19.9 Å². The third-order valence-corrected chi connectivity index (χ3v) is 6.07. The average Bonchev–Trinajstić information content (AvgIpc) is 2.89. The molecule has 3 heterocycles. The van der Waals surface area contributed by atoms with Crippen LogP contribution in [0.15, 0.2) is 66.9 Å². The van der Waals surface area contributed by atoms with Crippen LogP contribution in [-0.2, 0) is 6.54 Å². The molecule has 3 aromatic heterocycles. The summed E-state index contributed by atoms with van der Waals surface area (Å²) < 4.78 is 21.3. The van der Waals surface area contributed by atoms with Crippen molar-refractivity contribution in [2.24, 2.45) is 5.73 Å². The van der Waals surface area contributed by atoms with Crippen molar-refractivity contribution >= 4 is 22.5 Å². The largest absolute Gasteiger partial charge is 0.481 e. The number of aryl methyl sites for hydroxylation is 1. The Labute approximate surface area is 208 Å². The number of benzene rings is 2. The van der Waals surface area contributed by atoms with Crippen LogP contribution in [0.3, 0.4) is 0 Å². The van der Waals surface area contributed by atoms with E-state index >= 15 is 4.39 Å². The van der Waals surface area contributed by atoms with E-state index in [0.717, 1.165) is 27.9 Å². The zero-order chi connectivity index (χ0) is 25.2. The smallest absolute Gasteiger partial charge is 0.218 e. The monoisotopic (exact) mass is 480 g/mol. The summed E-state index contributed by atoms with van der Waals surface area (Å²) in [5.41, 5.74) is 11.7. The Hall–Kier alpha value is -4.43. The highest BCUT2D eigenvalue weighted by molar-refractivity contribution is 5.88. The molecule has 5 rings (SSSR count). The van der Waals surface area contributed by atoms with Crippen LogP contribution in [0, 0.1) is 19.7 Å². The lowest BCUT2D eigenvalue weighted by molar-refractivity contribution is 0.393. The molecule has 0 aliphatic carbocycles. The van der Waals surface area contributed by atoms with Crippen molar-refractivity contribution in [1.29, 1.82) is 0 Å². The van der Waals surface area contributed by atoms with Gasteiger partial charge in [-0.25, -0.2) is 19.3 Å². The van der Waals surface area contributed by atoms with E-state index in [1.54, 1.807) is 24.4 Å². The maximum atomic E-state index is 15.9. The molecule has 180 valence electrons. The number of nitrogens with zero attached hydrogens (tertiary/aromatic N) is 4. The molecule has 8 heteroatoms. The molecule has 0 fully saturated rings. The molecule has 36 heavy (non-hydrogen) atoms. The predicted octanol–water partition coefficient (Wildman–Crippen LogP) is 5.72. The molecule has 3 N–H and O–H groups in total. The molecule has 0 aliphatic heterocycles. The highest BCUT2D eigenvalue weighted by atomic mass is 19.1. The minimum absolute atomic E-state index is 0.286. The fraction of sp³-hybridized carbons (Fsp3) is 0.143. The Balaban J connectivity index is 1.57. The summed E-state index contributed by atoms with van der Waals surface area (Å²) in [5, 5.41) is 3.38. The van der Waals surface area contributed by atoms with E-state index < -0.39 is 0 Å². The molecule has 0 aliphatic rings. The molecule has 0 amide bonds. The molecular weight excluding hydrogens is 455 g/mol. The average molecular weight is 481 g/mol. The van der Waals surface area contributed by atoms with Gasteiger partial charge in [0, 0.05) is 35.1 Å². The summed E-state index contributed by atoms with van der Waals surface area (Å²) >= 11 is 0. The number of aromatic nitrogens is 4. The number of ether oxygens (including phenoxy) is 1. The van der Waals surface area contributed by atoms with Crippen LogP contribution < -0.4 is 15.8 Å². The second-order valence-electron chi connectivity index (χ2n) is 8.33. The molecule has 7 nitrogen and oxygen atoms in total. The van der Waals surface area contributed by atoms with Crippen molar-refractivity contribution in [3.63, 3.8) is 0 Å². The van der Waals surface area contributed by atoms with Crippen molar-refractivity contribution in [3.8, 4) is 28.3 Å². The van der Waals surface area contributed by atoms with Crippen LogP contribution in [0.1, 0.15) is 17.0 Å². The molecule has 0 saturated carbocycles. The van der Waals surface area contributed by atoms with Gasteiger partial charge in [-0.05, 0) is 55.3 Å². The van der Waals surface area contributed by atoms with Gasteiger partial charge in [0.1, 0.15) is 17.2 Å². The first-order valence-corrected chi connectivity index (χ1v) is 11.5. The fourth-order valence-corrected chi connectivity index (χ4v) is 4.25. The predicted molar refractivity (Wildman–Crippen MR) is 140 cm³/mol. The first kappa shape index (κ1) is 23.3. The van der Waals surface area contributed by atoms with Crippen LogP contribution in [0.25, 0.3) is 33.4 Å². The molecule has 0 radical (unpaired) electrons. The molecule has 0 bridgehead atoms. The Morgan fingerprint density at radius 3 is 2.47 bits per heavy atom. The molecular formula is C28H25FN6O. The summed E-state index contributed by atoms with van der Waals surface area (Å²) in [6, 6.07) is 18.3. The molecule has 0 unspecified atom stereocenters. The van der Waals surface area contributed by atoms with Gasteiger partial charge in [0.2, 0.25) is 5.88 Å². The summed E-state index contributed by atoms with van der Waals surface area (Å²) in [5.74, 6) is 1.26. The second-order valence-corrected chi connectivity index (χ2v) is 8.33. The van der Waals surface area contributed by atoms with Gasteiger partial charge in [0.05, 0.1) is 18.3 Å². The van der Waals surface area contributed by atoms with E-state index in [1.807, 2.05) is 56.3 Å². The number of nitrogens with one attached hydrogen (secondary N) is 1. The topological polar surface area (TPSA) is 98.8 Å². The molecule has 2 aromatic carbocycles. The van der Waals surface area contributed by atoms with E-state index in [4.69, 9.17) is 10.5 Å². The normalized spacial score (nSPS) is 11.0. The number of halogens is 1. The van der Waals surface area contributed by atoms with Gasteiger partial charge in [-0.3, -0.25) is 4.98 Å². The zero-order valence-corrected chi connectivity index (χ0v) is 20.2. The number of hydrogen-bond acceptors (Lipinski definition) is 7. The highest BCUT2D eigenvalue weighted by Crippen LogP contribution is 2.36. The Bertz CT molecular complexity index is 1590. The third-order valence-electron chi connectivity index (χ3n) is 6.07. The molecule has 5 aromatic rings. The van der Waals surface area contributed by atoms with Gasteiger partial charge in [0.15, 0.2) is 5.82 Å². The summed E-state index contributed by atoms with van der Waals surface area (Å²) in [6.45, 7) is 4.07. The number of rotatable bonds is 6. The first-order chi connectivity index (χ1) is 17.5. The standard InChI is InChI=1S/C28H25FN6O/c1-16-19(7-5-10-22(16)34-27-26-24(11-6-14-31-26)32-17(2)33-27)20-8-4-9-21(25(20)29)23-13-12-18(15-30)28(35-23)36-3/h4-14H,15,30H2,1-3H3,(H,32,33,34). The number of hydrogen-bond donors (Lipinski definition) is 2. The maximum Gasteiger partial charge on any atom is 0.218 e. The molecule has 0 saturated heterocycles. The lowest BCUT2D eigenvalue weighted by Gasteiger charge is -2.16. The van der Waals surface area contributed by atoms with E-state index in [9.17, 15) is 0 Å². The fourth-order valence-electron chi connectivity index (χ4n) is 4.25. The van der Waals surface area contributed by atoms with Gasteiger partial charge < -0.3 is 15.8 Å². The second kappa shape index (κ2) is 9.67. The summed E-state index contributed by atoms with van der Waals surface area (Å²) in [4.78, 5) is 17.9. The van der Waals surface area contributed by atoms with E-state index in [2.05, 4.69) is 25.3 Å². The van der Waals surface area contributed by atoms with Gasteiger partial charge in [-0.2, -0.15) is 0 Å². The quantitative estimate of drug-likeness (QED) is 0.321. The van der Waals surface area contributed by atoms with E-state index in [0.29, 0.717) is 39.9 Å². The molecule has 0 atom stereocenters. The highest BCUT2D eigenvalue weighted by Gasteiger charge is 2.17. The Morgan fingerprint density at radius 1 is 0.889 bits per heavy atom. The number of fused-ring (bicyclic) bond motifs is 1. The minimum atomic E-state index is -0.363. The van der Waals surface area contributed by atoms with Crippen LogP contribution >= 0.6 is 0 Å².